The quantitative estimate of drug-likeness (QED) is 0.573. The molecular formula is C6H6NO5S2-. The number of nitrogens with one attached hydrogen (secondary N) is 1. The van der Waals surface area contributed by atoms with E-state index in [1.807, 2.05) is 4.72 Å². The molecule has 1 aromatic rings. The highest BCUT2D eigenvalue weighted by Gasteiger charge is 2.07. The Kier molecular flexibility index (Phi) is 3.21. The van der Waals surface area contributed by atoms with Gasteiger partial charge in [0.25, 0.3) is 10.1 Å². The van der Waals surface area contributed by atoms with E-state index >= 15 is 0 Å². The lowest BCUT2D eigenvalue weighted by Crippen LogP contribution is -2.03. The Morgan fingerprint density at radius 2 is 1.79 bits per heavy atom. The second-order valence-electron chi connectivity index (χ2n) is 2.34. The molecule has 0 aliphatic heterocycles. The second kappa shape index (κ2) is 4.05. The van der Waals surface area contributed by atoms with Gasteiger partial charge in [0.05, 0.1) is 4.90 Å². The number of rotatable bonds is 3. The van der Waals surface area contributed by atoms with E-state index in [0.29, 0.717) is 0 Å². The monoisotopic (exact) mass is 236 g/mol. The van der Waals surface area contributed by atoms with Crippen LogP contribution in [-0.2, 0) is 21.4 Å². The van der Waals surface area contributed by atoms with Crippen LogP contribution in [0, 0.1) is 0 Å². The van der Waals surface area contributed by atoms with Crippen LogP contribution in [0.2, 0.25) is 0 Å². The summed E-state index contributed by atoms with van der Waals surface area (Å²) in [4.78, 5) is -0.292. The van der Waals surface area contributed by atoms with Gasteiger partial charge in [0.1, 0.15) is 0 Å². The molecular weight excluding hydrogens is 230 g/mol. The van der Waals surface area contributed by atoms with Gasteiger partial charge in [0, 0.05) is 17.0 Å². The van der Waals surface area contributed by atoms with Crippen molar-refractivity contribution in [2.75, 3.05) is 4.72 Å². The Bertz CT molecular complexity index is 438. The van der Waals surface area contributed by atoms with Crippen LogP contribution in [0.4, 0.5) is 5.69 Å². The molecule has 1 aromatic carbocycles. The molecule has 1 rings (SSSR count). The van der Waals surface area contributed by atoms with Gasteiger partial charge in [-0.3, -0.25) is 8.76 Å². The Hall–Kier alpha value is -0.960. The summed E-state index contributed by atoms with van der Waals surface area (Å²) in [7, 11) is -4.23. The highest BCUT2D eigenvalue weighted by Crippen LogP contribution is 2.13. The van der Waals surface area contributed by atoms with Crippen LogP contribution in [0.1, 0.15) is 0 Å². The molecule has 0 aromatic heterocycles. The molecule has 1 unspecified atom stereocenters. The molecule has 0 fully saturated rings. The molecule has 0 amide bonds. The first-order valence-corrected chi connectivity index (χ1v) is 5.84. The largest absolute Gasteiger partial charge is 0.755 e. The summed E-state index contributed by atoms with van der Waals surface area (Å²) in [5.74, 6) is 0. The van der Waals surface area contributed by atoms with Gasteiger partial charge in [-0.15, -0.1) is 0 Å². The molecule has 0 spiro atoms. The van der Waals surface area contributed by atoms with Crippen molar-refractivity contribution in [3.8, 4) is 0 Å². The third-order valence-corrected chi connectivity index (χ3v) is 2.62. The minimum atomic E-state index is -4.23. The van der Waals surface area contributed by atoms with E-state index < -0.39 is 21.4 Å². The van der Waals surface area contributed by atoms with Crippen molar-refractivity contribution in [3.63, 3.8) is 0 Å². The first-order chi connectivity index (χ1) is 6.39. The van der Waals surface area contributed by atoms with E-state index in [9.17, 15) is 17.2 Å². The number of hydrogen-bond acceptors (Lipinski definition) is 4. The molecule has 6 nitrogen and oxygen atoms in total. The van der Waals surface area contributed by atoms with Crippen molar-refractivity contribution < 1.29 is 21.7 Å². The summed E-state index contributed by atoms with van der Waals surface area (Å²) < 4.78 is 52.1. The standard InChI is InChI=1S/C6H7NO5S2/c8-13(9)7-5-1-3-6(4-2-5)14(10,11)12/h1-4,7H,(H,8,9)(H,10,11,12)/p-1. The first kappa shape index (κ1) is 11.1. The Morgan fingerprint density at radius 3 is 2.14 bits per heavy atom. The number of anilines is 1. The fourth-order valence-corrected chi connectivity index (χ4v) is 1.60. The Labute approximate surface area is 83.1 Å². The maximum Gasteiger partial charge on any atom is 0.294 e. The molecule has 0 saturated carbocycles. The van der Waals surface area contributed by atoms with Crippen molar-refractivity contribution >= 4 is 27.1 Å². The third kappa shape index (κ3) is 3.07. The van der Waals surface area contributed by atoms with Gasteiger partial charge in [-0.25, -0.2) is 0 Å². The average molecular weight is 236 g/mol. The normalized spacial score (nSPS) is 13.6. The van der Waals surface area contributed by atoms with Gasteiger partial charge >= 0.3 is 0 Å². The van der Waals surface area contributed by atoms with Gasteiger partial charge in [0.2, 0.25) is 0 Å². The van der Waals surface area contributed by atoms with E-state index in [4.69, 9.17) is 4.55 Å². The topological polar surface area (TPSA) is 107 Å². The minimum absolute atomic E-state index is 0.214. The van der Waals surface area contributed by atoms with Crippen molar-refractivity contribution in [1.82, 2.24) is 0 Å². The minimum Gasteiger partial charge on any atom is -0.755 e. The van der Waals surface area contributed by atoms with Gasteiger partial charge < -0.3 is 9.27 Å². The molecule has 78 valence electrons. The van der Waals surface area contributed by atoms with Crippen LogP contribution < -0.4 is 4.72 Å². The molecule has 1 atom stereocenters. The molecule has 0 radical (unpaired) electrons. The maximum absolute atomic E-state index is 10.6. The molecule has 0 aliphatic rings. The predicted octanol–water partition coefficient (Wildman–Crippen LogP) is 0.139. The zero-order chi connectivity index (χ0) is 10.8. The molecule has 2 N–H and O–H groups in total. The summed E-state index contributed by atoms with van der Waals surface area (Å²) in [6, 6.07) is 4.62. The first-order valence-electron chi connectivity index (χ1n) is 3.33. The highest BCUT2D eigenvalue weighted by atomic mass is 32.2. The molecule has 14 heavy (non-hydrogen) atoms. The SMILES string of the molecule is O=S([O-])Nc1ccc(S(=O)(=O)O)cc1. The lowest BCUT2D eigenvalue weighted by atomic mass is 10.3. The van der Waals surface area contributed by atoms with Crippen LogP contribution in [0.3, 0.4) is 0 Å². The zero-order valence-corrected chi connectivity index (χ0v) is 8.34. The van der Waals surface area contributed by atoms with Gasteiger partial charge in [-0.2, -0.15) is 8.42 Å². The number of benzene rings is 1. The van der Waals surface area contributed by atoms with E-state index in [-0.39, 0.29) is 10.6 Å². The summed E-state index contributed by atoms with van der Waals surface area (Å²) >= 11 is -2.46. The Balaban J connectivity index is 2.95. The van der Waals surface area contributed by atoms with Crippen LogP contribution >= 0.6 is 0 Å². The third-order valence-electron chi connectivity index (χ3n) is 1.35. The second-order valence-corrected chi connectivity index (χ2v) is 4.43. The summed E-state index contributed by atoms with van der Waals surface area (Å²) in [5.41, 5.74) is 0.214. The van der Waals surface area contributed by atoms with E-state index in [1.165, 1.54) is 12.1 Å². The summed E-state index contributed by atoms with van der Waals surface area (Å²) in [6.07, 6.45) is 0. The van der Waals surface area contributed by atoms with Gasteiger partial charge in [-0.05, 0) is 24.3 Å². The predicted molar refractivity (Wildman–Crippen MR) is 48.8 cm³/mol. The number of hydrogen-bond donors (Lipinski definition) is 2. The van der Waals surface area contributed by atoms with Crippen LogP contribution in [0.25, 0.3) is 0 Å². The Morgan fingerprint density at radius 1 is 1.29 bits per heavy atom. The van der Waals surface area contributed by atoms with Crippen LogP contribution in [0.15, 0.2) is 29.2 Å². The molecule has 0 saturated heterocycles. The lowest BCUT2D eigenvalue weighted by Gasteiger charge is -2.08. The molecule has 0 heterocycles. The average Bonchev–Trinajstić information content (AvgIpc) is 2.02. The fraction of sp³-hybridized carbons (Fsp3) is 0. The van der Waals surface area contributed by atoms with Gasteiger partial charge in [0.15, 0.2) is 0 Å². The van der Waals surface area contributed by atoms with E-state index in [1.54, 1.807) is 0 Å². The molecule has 8 heteroatoms. The lowest BCUT2D eigenvalue weighted by molar-refractivity contribution is 0.483. The highest BCUT2D eigenvalue weighted by molar-refractivity contribution is 7.85. The van der Waals surface area contributed by atoms with Crippen molar-refractivity contribution in [3.05, 3.63) is 24.3 Å². The summed E-state index contributed by atoms with van der Waals surface area (Å²) in [5, 5.41) is 0. The van der Waals surface area contributed by atoms with E-state index in [2.05, 4.69) is 0 Å². The van der Waals surface area contributed by atoms with Crippen molar-refractivity contribution in [2.24, 2.45) is 0 Å². The van der Waals surface area contributed by atoms with Gasteiger partial charge in [-0.1, -0.05) is 0 Å². The van der Waals surface area contributed by atoms with Crippen LogP contribution in [0.5, 0.6) is 0 Å². The summed E-state index contributed by atoms with van der Waals surface area (Å²) in [6.45, 7) is 0. The molecule has 0 bridgehead atoms. The molecule has 0 aliphatic carbocycles. The van der Waals surface area contributed by atoms with E-state index in [0.717, 1.165) is 12.1 Å². The van der Waals surface area contributed by atoms with Crippen LogP contribution in [-0.4, -0.2) is 21.7 Å². The van der Waals surface area contributed by atoms with Crippen molar-refractivity contribution in [2.45, 2.75) is 4.90 Å². The van der Waals surface area contributed by atoms with Crippen molar-refractivity contribution in [1.29, 1.82) is 0 Å². The maximum atomic E-state index is 10.6. The fourth-order valence-electron chi connectivity index (χ4n) is 0.791. The zero-order valence-electron chi connectivity index (χ0n) is 6.71. The smallest absolute Gasteiger partial charge is 0.294 e.